The Morgan fingerprint density at radius 3 is 2.93 bits per heavy atom. The first-order valence-corrected chi connectivity index (χ1v) is 5.04. The van der Waals surface area contributed by atoms with Crippen LogP contribution in [0.4, 0.5) is 4.39 Å². The molecule has 0 saturated carbocycles. The van der Waals surface area contributed by atoms with Crippen molar-refractivity contribution in [2.24, 2.45) is 5.73 Å². The van der Waals surface area contributed by atoms with Crippen molar-refractivity contribution in [3.05, 3.63) is 28.6 Å². The van der Waals surface area contributed by atoms with Crippen molar-refractivity contribution in [2.45, 2.75) is 6.54 Å². The lowest BCUT2D eigenvalue weighted by molar-refractivity contribution is 0.603. The van der Waals surface area contributed by atoms with E-state index in [1.54, 1.807) is 10.7 Å². The van der Waals surface area contributed by atoms with Crippen LogP contribution >= 0.6 is 15.9 Å². The SMILES string of the molecule is NCCn1nc2c(F)cccc2c1Br. The van der Waals surface area contributed by atoms with Gasteiger partial charge in [-0.25, -0.2) is 4.39 Å². The third-order valence-electron chi connectivity index (χ3n) is 2.00. The van der Waals surface area contributed by atoms with Gasteiger partial charge in [0.15, 0.2) is 5.82 Å². The molecule has 0 saturated heterocycles. The van der Waals surface area contributed by atoms with E-state index >= 15 is 0 Å². The minimum Gasteiger partial charge on any atom is -0.329 e. The van der Waals surface area contributed by atoms with Crippen LogP contribution in [0.1, 0.15) is 0 Å². The standard InChI is InChI=1S/C9H9BrFN3/c10-9-6-2-1-3-7(11)8(6)13-14(9)5-4-12/h1-3H,4-5,12H2. The minimum absolute atomic E-state index is 0.307. The van der Waals surface area contributed by atoms with Gasteiger partial charge in [0.1, 0.15) is 10.1 Å². The second-order valence-corrected chi connectivity index (χ2v) is 3.69. The highest BCUT2D eigenvalue weighted by Crippen LogP contribution is 2.25. The Balaban J connectivity index is 2.67. The number of halogens is 2. The van der Waals surface area contributed by atoms with E-state index in [4.69, 9.17) is 5.73 Å². The maximum Gasteiger partial charge on any atom is 0.151 e. The molecule has 3 nitrogen and oxygen atoms in total. The molecular formula is C9H9BrFN3. The van der Waals surface area contributed by atoms with Gasteiger partial charge in [-0.05, 0) is 28.1 Å². The smallest absolute Gasteiger partial charge is 0.151 e. The first kappa shape index (κ1) is 9.61. The van der Waals surface area contributed by atoms with Gasteiger partial charge < -0.3 is 5.73 Å². The highest BCUT2D eigenvalue weighted by Gasteiger charge is 2.10. The number of nitrogens with zero attached hydrogens (tertiary/aromatic N) is 2. The molecular weight excluding hydrogens is 249 g/mol. The zero-order valence-electron chi connectivity index (χ0n) is 7.37. The number of hydrogen-bond donors (Lipinski definition) is 1. The predicted molar refractivity (Wildman–Crippen MR) is 56.4 cm³/mol. The van der Waals surface area contributed by atoms with E-state index in [0.29, 0.717) is 18.6 Å². The monoisotopic (exact) mass is 257 g/mol. The van der Waals surface area contributed by atoms with Gasteiger partial charge in [0, 0.05) is 11.9 Å². The number of hydrogen-bond acceptors (Lipinski definition) is 2. The predicted octanol–water partition coefficient (Wildman–Crippen LogP) is 1.90. The Hall–Kier alpha value is -0.940. The summed E-state index contributed by atoms with van der Waals surface area (Å²) in [6.07, 6.45) is 0. The average Bonchev–Trinajstić information content (AvgIpc) is 2.48. The Labute approximate surface area is 88.8 Å². The summed E-state index contributed by atoms with van der Waals surface area (Å²) in [6, 6.07) is 4.88. The van der Waals surface area contributed by atoms with Crippen LogP contribution in [-0.2, 0) is 6.54 Å². The van der Waals surface area contributed by atoms with E-state index in [9.17, 15) is 4.39 Å². The van der Waals surface area contributed by atoms with Crippen molar-refractivity contribution in [3.8, 4) is 0 Å². The van der Waals surface area contributed by atoms with Crippen molar-refractivity contribution >= 4 is 26.8 Å². The molecule has 0 aliphatic carbocycles. The second-order valence-electron chi connectivity index (χ2n) is 2.94. The summed E-state index contributed by atoms with van der Waals surface area (Å²) >= 11 is 3.37. The quantitative estimate of drug-likeness (QED) is 0.893. The van der Waals surface area contributed by atoms with Gasteiger partial charge in [-0.15, -0.1) is 0 Å². The molecule has 0 radical (unpaired) electrons. The van der Waals surface area contributed by atoms with Crippen molar-refractivity contribution in [1.82, 2.24) is 9.78 Å². The largest absolute Gasteiger partial charge is 0.329 e. The third-order valence-corrected chi connectivity index (χ3v) is 2.83. The van der Waals surface area contributed by atoms with E-state index < -0.39 is 0 Å². The van der Waals surface area contributed by atoms with Crippen LogP contribution in [0.5, 0.6) is 0 Å². The summed E-state index contributed by atoms with van der Waals surface area (Å²) in [5.41, 5.74) is 5.80. The zero-order chi connectivity index (χ0) is 10.1. The second kappa shape index (κ2) is 3.67. The summed E-state index contributed by atoms with van der Waals surface area (Å²) in [4.78, 5) is 0. The molecule has 0 atom stereocenters. The Bertz CT molecular complexity index is 466. The molecule has 1 heterocycles. The highest BCUT2D eigenvalue weighted by atomic mass is 79.9. The fourth-order valence-corrected chi connectivity index (χ4v) is 1.93. The van der Waals surface area contributed by atoms with Crippen molar-refractivity contribution in [2.75, 3.05) is 6.54 Å². The molecule has 0 aliphatic heterocycles. The molecule has 0 aliphatic rings. The van der Waals surface area contributed by atoms with Crippen LogP contribution in [0, 0.1) is 5.82 Å². The fourth-order valence-electron chi connectivity index (χ4n) is 1.36. The van der Waals surface area contributed by atoms with Gasteiger partial charge in [0.25, 0.3) is 0 Å². The summed E-state index contributed by atoms with van der Waals surface area (Å²) in [5, 5.41) is 4.89. The molecule has 0 unspecified atom stereocenters. The van der Waals surface area contributed by atoms with Gasteiger partial charge in [0.2, 0.25) is 0 Å². The number of benzene rings is 1. The van der Waals surface area contributed by atoms with Gasteiger partial charge in [-0.1, -0.05) is 6.07 Å². The Kier molecular flexibility index (Phi) is 2.52. The first-order valence-electron chi connectivity index (χ1n) is 4.24. The van der Waals surface area contributed by atoms with E-state index in [1.165, 1.54) is 6.07 Å². The molecule has 2 N–H and O–H groups in total. The molecule has 0 spiro atoms. The minimum atomic E-state index is -0.307. The van der Waals surface area contributed by atoms with E-state index in [1.807, 2.05) is 6.07 Å². The fraction of sp³-hybridized carbons (Fsp3) is 0.222. The molecule has 5 heteroatoms. The van der Waals surface area contributed by atoms with E-state index in [0.717, 1.165) is 9.99 Å². The van der Waals surface area contributed by atoms with Crippen LogP contribution in [0.15, 0.2) is 22.8 Å². The molecule has 2 aromatic rings. The summed E-state index contributed by atoms with van der Waals surface area (Å²) in [6.45, 7) is 1.06. The summed E-state index contributed by atoms with van der Waals surface area (Å²) in [7, 11) is 0. The molecule has 0 bridgehead atoms. The molecule has 0 amide bonds. The normalized spacial score (nSPS) is 11.1. The lowest BCUT2D eigenvalue weighted by Gasteiger charge is -1.97. The Morgan fingerprint density at radius 1 is 1.50 bits per heavy atom. The van der Waals surface area contributed by atoms with Crippen molar-refractivity contribution in [1.29, 1.82) is 0 Å². The maximum atomic E-state index is 13.3. The topological polar surface area (TPSA) is 43.8 Å². The molecule has 1 aromatic heterocycles. The number of fused-ring (bicyclic) bond motifs is 1. The lowest BCUT2D eigenvalue weighted by Crippen LogP contribution is -2.11. The van der Waals surface area contributed by atoms with Gasteiger partial charge in [-0.2, -0.15) is 5.10 Å². The summed E-state index contributed by atoms with van der Waals surface area (Å²) in [5.74, 6) is -0.307. The molecule has 14 heavy (non-hydrogen) atoms. The van der Waals surface area contributed by atoms with E-state index in [-0.39, 0.29) is 5.82 Å². The zero-order valence-corrected chi connectivity index (χ0v) is 8.96. The van der Waals surface area contributed by atoms with Gasteiger partial charge in [0.05, 0.1) is 6.54 Å². The average molecular weight is 258 g/mol. The van der Waals surface area contributed by atoms with Crippen molar-refractivity contribution in [3.63, 3.8) is 0 Å². The Morgan fingerprint density at radius 2 is 2.29 bits per heavy atom. The van der Waals surface area contributed by atoms with Gasteiger partial charge in [-0.3, -0.25) is 4.68 Å². The summed E-state index contributed by atoms with van der Waals surface area (Å²) < 4.78 is 15.7. The number of nitrogens with two attached hydrogens (primary N) is 1. The van der Waals surface area contributed by atoms with Crippen LogP contribution < -0.4 is 5.73 Å². The maximum absolute atomic E-state index is 13.3. The van der Waals surface area contributed by atoms with Crippen LogP contribution in [-0.4, -0.2) is 16.3 Å². The van der Waals surface area contributed by atoms with Crippen molar-refractivity contribution < 1.29 is 4.39 Å². The van der Waals surface area contributed by atoms with Crippen LogP contribution in [0.25, 0.3) is 10.9 Å². The highest BCUT2D eigenvalue weighted by molar-refractivity contribution is 9.10. The number of rotatable bonds is 2. The molecule has 2 rings (SSSR count). The molecule has 0 fully saturated rings. The number of aromatic nitrogens is 2. The van der Waals surface area contributed by atoms with Crippen LogP contribution in [0.3, 0.4) is 0 Å². The third kappa shape index (κ3) is 1.42. The first-order chi connectivity index (χ1) is 6.74. The lowest BCUT2D eigenvalue weighted by atomic mass is 10.2. The molecule has 1 aromatic carbocycles. The van der Waals surface area contributed by atoms with E-state index in [2.05, 4.69) is 21.0 Å². The molecule has 74 valence electrons. The van der Waals surface area contributed by atoms with Gasteiger partial charge >= 0.3 is 0 Å². The van der Waals surface area contributed by atoms with Crippen LogP contribution in [0.2, 0.25) is 0 Å².